The van der Waals surface area contributed by atoms with Gasteiger partial charge in [0.1, 0.15) is 0 Å². The van der Waals surface area contributed by atoms with Crippen molar-refractivity contribution in [2.75, 3.05) is 0 Å². The minimum Gasteiger partial charge on any atom is -0.192 e. The molecule has 1 heterocycles. The van der Waals surface area contributed by atoms with Crippen molar-refractivity contribution >= 4 is 11.3 Å². The molecule has 0 unspecified atom stereocenters. The number of hydrogen-bond acceptors (Lipinski definition) is 3. The van der Waals surface area contributed by atoms with Crippen LogP contribution in [-0.2, 0) is 0 Å². The van der Waals surface area contributed by atoms with Gasteiger partial charge in [-0.25, -0.2) is 0 Å². The highest BCUT2D eigenvalue weighted by Crippen LogP contribution is 2.36. The van der Waals surface area contributed by atoms with Crippen LogP contribution < -0.4 is 0 Å². The van der Waals surface area contributed by atoms with E-state index in [9.17, 15) is 0 Å². The van der Waals surface area contributed by atoms with Crippen LogP contribution in [0.25, 0.3) is 43.1 Å². The Morgan fingerprint density at radius 1 is 0.364 bits per heavy atom. The minimum absolute atomic E-state index is 0.673. The lowest BCUT2D eigenvalue weighted by molar-refractivity contribution is 1.48. The van der Waals surface area contributed by atoms with E-state index in [1.165, 1.54) is 20.9 Å². The van der Waals surface area contributed by atoms with Gasteiger partial charge in [-0.15, -0.1) is 11.3 Å². The van der Waals surface area contributed by atoms with E-state index < -0.39 is 0 Å². The highest BCUT2D eigenvalue weighted by molar-refractivity contribution is 7.18. The Morgan fingerprint density at radius 2 is 0.636 bits per heavy atom. The number of nitrogens with zero attached hydrogens (tertiary/aromatic N) is 2. The van der Waals surface area contributed by atoms with Crippen LogP contribution in [0.2, 0.25) is 0 Å². The van der Waals surface area contributed by atoms with Crippen molar-refractivity contribution in [1.82, 2.24) is 0 Å². The maximum atomic E-state index is 8.97. The molecule has 0 bridgehead atoms. The van der Waals surface area contributed by atoms with Gasteiger partial charge in [-0.3, -0.25) is 0 Å². The molecule has 0 saturated carbocycles. The molecule has 0 saturated heterocycles. The summed E-state index contributed by atoms with van der Waals surface area (Å²) in [4.78, 5) is 2.46. The van der Waals surface area contributed by atoms with E-state index in [0.29, 0.717) is 11.1 Å². The lowest BCUT2D eigenvalue weighted by Crippen LogP contribution is -1.80. The molecule has 0 fully saturated rings. The SMILES string of the molecule is N#Cc1ccc(-c2ccc(-c3ccc(-c4ccc(-c5ccc(C#N)cc5)cc4)s3)cc2)cc1. The lowest BCUT2D eigenvalue weighted by atomic mass is 10.0. The topological polar surface area (TPSA) is 47.6 Å². The second-order valence-corrected chi connectivity index (χ2v) is 8.78. The highest BCUT2D eigenvalue weighted by Gasteiger charge is 2.07. The molecule has 154 valence electrons. The van der Waals surface area contributed by atoms with Crippen LogP contribution in [0.15, 0.2) is 109 Å². The lowest BCUT2D eigenvalue weighted by Gasteiger charge is -2.04. The Hall–Kier alpha value is -4.44. The molecule has 0 radical (unpaired) electrons. The van der Waals surface area contributed by atoms with Crippen LogP contribution in [0, 0.1) is 22.7 Å². The maximum absolute atomic E-state index is 8.97. The van der Waals surface area contributed by atoms with Crippen molar-refractivity contribution in [2.45, 2.75) is 0 Å². The van der Waals surface area contributed by atoms with Crippen molar-refractivity contribution in [3.63, 3.8) is 0 Å². The van der Waals surface area contributed by atoms with E-state index in [-0.39, 0.29) is 0 Å². The molecule has 1 aromatic heterocycles. The van der Waals surface area contributed by atoms with Crippen molar-refractivity contribution in [3.05, 3.63) is 120 Å². The number of thiophene rings is 1. The predicted octanol–water partition coefficient (Wildman–Crippen LogP) is 8.16. The molecule has 5 rings (SSSR count). The van der Waals surface area contributed by atoms with E-state index in [1.54, 1.807) is 11.3 Å². The first kappa shape index (κ1) is 20.5. The molecule has 0 aliphatic heterocycles. The molecular formula is C30H18N2S. The third kappa shape index (κ3) is 4.32. The summed E-state index contributed by atoms with van der Waals surface area (Å²) < 4.78 is 0. The molecule has 33 heavy (non-hydrogen) atoms. The summed E-state index contributed by atoms with van der Waals surface area (Å²) in [5.74, 6) is 0. The summed E-state index contributed by atoms with van der Waals surface area (Å²) >= 11 is 1.78. The Labute approximate surface area is 197 Å². The Kier molecular flexibility index (Phi) is 5.56. The van der Waals surface area contributed by atoms with Crippen LogP contribution in [0.4, 0.5) is 0 Å². The molecule has 0 aliphatic carbocycles. The Bertz CT molecular complexity index is 1360. The van der Waals surface area contributed by atoms with Gasteiger partial charge in [-0.05, 0) is 69.8 Å². The van der Waals surface area contributed by atoms with Crippen molar-refractivity contribution in [2.24, 2.45) is 0 Å². The molecule has 4 aromatic carbocycles. The van der Waals surface area contributed by atoms with Crippen LogP contribution in [0.5, 0.6) is 0 Å². The minimum atomic E-state index is 0.673. The normalized spacial score (nSPS) is 10.4. The molecular weight excluding hydrogens is 420 g/mol. The van der Waals surface area contributed by atoms with Crippen LogP contribution in [-0.4, -0.2) is 0 Å². The van der Waals surface area contributed by atoms with E-state index in [2.05, 4.69) is 72.8 Å². The second-order valence-electron chi connectivity index (χ2n) is 7.70. The van der Waals surface area contributed by atoms with Crippen LogP contribution in [0.3, 0.4) is 0 Å². The summed E-state index contributed by atoms with van der Waals surface area (Å²) in [5, 5.41) is 17.9. The van der Waals surface area contributed by atoms with Gasteiger partial charge in [-0.1, -0.05) is 72.8 Å². The second kappa shape index (κ2) is 8.97. The van der Waals surface area contributed by atoms with Crippen LogP contribution >= 0.6 is 11.3 Å². The quantitative estimate of drug-likeness (QED) is 0.284. The summed E-state index contributed by atoms with van der Waals surface area (Å²) in [7, 11) is 0. The smallest absolute Gasteiger partial charge is 0.0991 e. The van der Waals surface area contributed by atoms with E-state index in [1.807, 2.05) is 48.5 Å². The van der Waals surface area contributed by atoms with Gasteiger partial charge in [0.05, 0.1) is 23.3 Å². The fourth-order valence-electron chi connectivity index (χ4n) is 3.78. The summed E-state index contributed by atoms with van der Waals surface area (Å²) in [6.07, 6.45) is 0. The van der Waals surface area contributed by atoms with Crippen molar-refractivity contribution in [3.8, 4) is 55.3 Å². The number of nitriles is 2. The van der Waals surface area contributed by atoms with Gasteiger partial charge in [0, 0.05) is 9.75 Å². The van der Waals surface area contributed by atoms with Gasteiger partial charge in [0.25, 0.3) is 0 Å². The standard InChI is InChI=1S/C30H18N2S/c31-19-21-1-5-23(6-2-21)25-9-13-27(14-10-25)29-17-18-30(33-29)28-15-11-26(12-16-28)24-7-3-22(20-32)4-8-24/h1-18H. The van der Waals surface area contributed by atoms with Crippen LogP contribution in [0.1, 0.15) is 11.1 Å². The third-order valence-corrected chi connectivity index (χ3v) is 6.82. The first-order valence-corrected chi connectivity index (χ1v) is 11.4. The van der Waals surface area contributed by atoms with E-state index in [0.717, 1.165) is 22.3 Å². The Balaban J connectivity index is 1.34. The van der Waals surface area contributed by atoms with E-state index >= 15 is 0 Å². The molecule has 0 aliphatic rings. The average Bonchev–Trinajstić information content (AvgIpc) is 3.39. The zero-order valence-electron chi connectivity index (χ0n) is 17.7. The molecule has 2 nitrogen and oxygen atoms in total. The third-order valence-electron chi connectivity index (χ3n) is 5.64. The van der Waals surface area contributed by atoms with Gasteiger partial charge in [0.15, 0.2) is 0 Å². The summed E-state index contributed by atoms with van der Waals surface area (Å²) in [6, 6.07) is 41.1. The number of benzene rings is 4. The molecule has 0 spiro atoms. The monoisotopic (exact) mass is 438 g/mol. The molecule has 3 heteroatoms. The van der Waals surface area contributed by atoms with E-state index in [4.69, 9.17) is 10.5 Å². The number of rotatable bonds is 4. The fourth-order valence-corrected chi connectivity index (χ4v) is 4.79. The van der Waals surface area contributed by atoms with Gasteiger partial charge < -0.3 is 0 Å². The predicted molar refractivity (Wildman–Crippen MR) is 135 cm³/mol. The maximum Gasteiger partial charge on any atom is 0.0991 e. The highest BCUT2D eigenvalue weighted by atomic mass is 32.1. The molecule has 5 aromatic rings. The van der Waals surface area contributed by atoms with Crippen molar-refractivity contribution < 1.29 is 0 Å². The van der Waals surface area contributed by atoms with Gasteiger partial charge in [-0.2, -0.15) is 10.5 Å². The van der Waals surface area contributed by atoms with Gasteiger partial charge >= 0.3 is 0 Å². The molecule has 0 atom stereocenters. The molecule has 0 amide bonds. The van der Waals surface area contributed by atoms with Gasteiger partial charge in [0.2, 0.25) is 0 Å². The molecule has 0 N–H and O–H groups in total. The summed E-state index contributed by atoms with van der Waals surface area (Å²) in [6.45, 7) is 0. The average molecular weight is 439 g/mol. The van der Waals surface area contributed by atoms with Crippen molar-refractivity contribution in [1.29, 1.82) is 10.5 Å². The first-order valence-electron chi connectivity index (χ1n) is 10.6. The Morgan fingerprint density at radius 3 is 0.939 bits per heavy atom. The first-order chi connectivity index (χ1) is 16.2. The number of hydrogen-bond donors (Lipinski definition) is 0. The fraction of sp³-hybridized carbons (Fsp3) is 0. The summed E-state index contributed by atoms with van der Waals surface area (Å²) in [5.41, 5.74) is 8.22. The largest absolute Gasteiger partial charge is 0.192 e. The zero-order valence-corrected chi connectivity index (χ0v) is 18.5. The zero-order chi connectivity index (χ0) is 22.6.